The first-order valence-corrected chi connectivity index (χ1v) is 5.34. The summed E-state index contributed by atoms with van der Waals surface area (Å²) in [5.41, 5.74) is 0.0404. The van der Waals surface area contributed by atoms with Crippen LogP contribution in [0.4, 0.5) is 0 Å². The van der Waals surface area contributed by atoms with Crippen LogP contribution in [0.3, 0.4) is 0 Å². The standard InChI is InChI=1S/C10H9BrO5/c1-14-8-5(10(12)13)4-6-9(7(8)11)16-3-2-15-6/h4H,2-3H2,1H3,(H,12,13). The van der Waals surface area contributed by atoms with Gasteiger partial charge in [0.25, 0.3) is 0 Å². The Labute approximate surface area is 100 Å². The van der Waals surface area contributed by atoms with Gasteiger partial charge >= 0.3 is 5.97 Å². The zero-order chi connectivity index (χ0) is 11.7. The number of carbonyl (C=O) groups is 1. The molecule has 1 aliphatic heterocycles. The summed E-state index contributed by atoms with van der Waals surface area (Å²) < 4.78 is 16.2. The van der Waals surface area contributed by atoms with Crippen LogP contribution >= 0.6 is 15.9 Å². The van der Waals surface area contributed by atoms with E-state index in [4.69, 9.17) is 19.3 Å². The summed E-state index contributed by atoms with van der Waals surface area (Å²) in [6.07, 6.45) is 0. The SMILES string of the molecule is COc1c(C(=O)O)cc2c(c1Br)OCCO2. The molecule has 0 radical (unpaired) electrons. The minimum Gasteiger partial charge on any atom is -0.495 e. The van der Waals surface area contributed by atoms with Crippen LogP contribution < -0.4 is 14.2 Å². The fraction of sp³-hybridized carbons (Fsp3) is 0.300. The number of carboxylic acid groups (broad SMARTS) is 1. The molecule has 0 amide bonds. The normalized spacial score (nSPS) is 13.4. The summed E-state index contributed by atoms with van der Waals surface area (Å²) >= 11 is 3.25. The fourth-order valence-electron chi connectivity index (χ4n) is 1.49. The van der Waals surface area contributed by atoms with Crippen LogP contribution in [-0.2, 0) is 0 Å². The Morgan fingerprint density at radius 3 is 2.81 bits per heavy atom. The Morgan fingerprint density at radius 1 is 1.50 bits per heavy atom. The van der Waals surface area contributed by atoms with Gasteiger partial charge in [0.05, 0.1) is 7.11 Å². The molecule has 1 aromatic carbocycles. The third-order valence-corrected chi connectivity index (χ3v) is 2.88. The van der Waals surface area contributed by atoms with Gasteiger partial charge in [0.2, 0.25) is 0 Å². The molecule has 16 heavy (non-hydrogen) atoms. The van der Waals surface area contributed by atoms with Gasteiger partial charge in [-0.15, -0.1) is 0 Å². The first kappa shape index (κ1) is 11.1. The van der Waals surface area contributed by atoms with E-state index in [1.165, 1.54) is 13.2 Å². The lowest BCUT2D eigenvalue weighted by Gasteiger charge is -2.21. The van der Waals surface area contributed by atoms with Crippen LogP contribution in [0, 0.1) is 0 Å². The average Bonchev–Trinajstić information content (AvgIpc) is 2.29. The van der Waals surface area contributed by atoms with Gasteiger partial charge in [0.1, 0.15) is 23.2 Å². The number of aromatic carboxylic acids is 1. The van der Waals surface area contributed by atoms with E-state index in [-0.39, 0.29) is 11.3 Å². The molecule has 1 aliphatic rings. The predicted octanol–water partition coefficient (Wildman–Crippen LogP) is 1.93. The van der Waals surface area contributed by atoms with E-state index in [1.54, 1.807) is 0 Å². The highest BCUT2D eigenvalue weighted by atomic mass is 79.9. The second-order valence-corrected chi connectivity index (χ2v) is 3.89. The summed E-state index contributed by atoms with van der Waals surface area (Å²) in [4.78, 5) is 11.0. The van der Waals surface area contributed by atoms with Gasteiger partial charge in [-0.25, -0.2) is 4.79 Å². The molecule has 86 valence electrons. The largest absolute Gasteiger partial charge is 0.495 e. The third kappa shape index (κ3) is 1.69. The minimum atomic E-state index is -1.07. The Hall–Kier alpha value is -1.43. The number of ether oxygens (including phenoxy) is 3. The number of methoxy groups -OCH3 is 1. The maximum absolute atomic E-state index is 11.0. The van der Waals surface area contributed by atoms with Crippen molar-refractivity contribution < 1.29 is 24.1 Å². The van der Waals surface area contributed by atoms with Crippen molar-refractivity contribution in [2.24, 2.45) is 0 Å². The highest BCUT2D eigenvalue weighted by molar-refractivity contribution is 9.10. The number of halogens is 1. The van der Waals surface area contributed by atoms with Crippen molar-refractivity contribution in [3.8, 4) is 17.2 Å². The van der Waals surface area contributed by atoms with Crippen LogP contribution in [0.25, 0.3) is 0 Å². The lowest BCUT2D eigenvalue weighted by atomic mass is 10.1. The quantitative estimate of drug-likeness (QED) is 0.901. The Balaban J connectivity index is 2.64. The van der Waals surface area contributed by atoms with Crippen molar-refractivity contribution in [2.75, 3.05) is 20.3 Å². The Bertz CT molecular complexity index is 443. The molecule has 0 bridgehead atoms. The predicted molar refractivity (Wildman–Crippen MR) is 58.6 cm³/mol. The van der Waals surface area contributed by atoms with Crippen molar-refractivity contribution in [1.29, 1.82) is 0 Å². The van der Waals surface area contributed by atoms with Gasteiger partial charge in [-0.05, 0) is 15.9 Å². The summed E-state index contributed by atoms with van der Waals surface area (Å²) in [7, 11) is 1.41. The molecule has 0 aliphatic carbocycles. The molecule has 0 aromatic heterocycles. The lowest BCUT2D eigenvalue weighted by molar-refractivity contribution is 0.0691. The molecule has 0 unspecified atom stereocenters. The van der Waals surface area contributed by atoms with Crippen molar-refractivity contribution in [1.82, 2.24) is 0 Å². The average molecular weight is 289 g/mol. The van der Waals surface area contributed by atoms with E-state index in [2.05, 4.69) is 15.9 Å². The first-order valence-electron chi connectivity index (χ1n) is 4.54. The van der Waals surface area contributed by atoms with Crippen LogP contribution in [0.2, 0.25) is 0 Å². The third-order valence-electron chi connectivity index (χ3n) is 2.16. The van der Waals surface area contributed by atoms with Crippen LogP contribution in [0.15, 0.2) is 10.5 Å². The number of rotatable bonds is 2. The molecule has 5 nitrogen and oxygen atoms in total. The molecular weight excluding hydrogens is 280 g/mol. The van der Waals surface area contributed by atoms with E-state index >= 15 is 0 Å². The molecule has 2 rings (SSSR count). The van der Waals surface area contributed by atoms with Gasteiger partial charge in [-0.1, -0.05) is 0 Å². The molecule has 0 fully saturated rings. The first-order chi connectivity index (χ1) is 7.65. The van der Waals surface area contributed by atoms with Crippen LogP contribution in [0.1, 0.15) is 10.4 Å². The van der Waals surface area contributed by atoms with Gasteiger partial charge in [0, 0.05) is 6.07 Å². The van der Waals surface area contributed by atoms with Gasteiger partial charge in [-0.3, -0.25) is 0 Å². The highest BCUT2D eigenvalue weighted by Gasteiger charge is 2.25. The van der Waals surface area contributed by atoms with Crippen LogP contribution in [0.5, 0.6) is 17.2 Å². The summed E-state index contributed by atoms with van der Waals surface area (Å²) in [6.45, 7) is 0.839. The number of carboxylic acids is 1. The van der Waals surface area contributed by atoms with Crippen molar-refractivity contribution in [2.45, 2.75) is 0 Å². The molecule has 0 atom stereocenters. The van der Waals surface area contributed by atoms with E-state index < -0.39 is 5.97 Å². The monoisotopic (exact) mass is 288 g/mol. The van der Waals surface area contributed by atoms with E-state index in [9.17, 15) is 4.79 Å². The second-order valence-electron chi connectivity index (χ2n) is 3.10. The number of fused-ring (bicyclic) bond motifs is 1. The van der Waals surface area contributed by atoms with Crippen molar-refractivity contribution in [3.05, 3.63) is 16.1 Å². The van der Waals surface area contributed by atoms with Crippen LogP contribution in [-0.4, -0.2) is 31.4 Å². The minimum absolute atomic E-state index is 0.0404. The lowest BCUT2D eigenvalue weighted by Crippen LogP contribution is -2.17. The van der Waals surface area contributed by atoms with Crippen molar-refractivity contribution >= 4 is 21.9 Å². The number of hydrogen-bond acceptors (Lipinski definition) is 4. The molecule has 0 spiro atoms. The van der Waals surface area contributed by atoms with E-state index in [0.717, 1.165) is 0 Å². The number of hydrogen-bond donors (Lipinski definition) is 1. The zero-order valence-corrected chi connectivity index (χ0v) is 10.0. The van der Waals surface area contributed by atoms with E-state index in [1.807, 2.05) is 0 Å². The highest BCUT2D eigenvalue weighted by Crippen LogP contribution is 2.45. The Morgan fingerprint density at radius 2 is 2.19 bits per heavy atom. The summed E-state index contributed by atoms with van der Waals surface area (Å²) in [6, 6.07) is 1.40. The van der Waals surface area contributed by atoms with E-state index in [0.29, 0.717) is 29.2 Å². The smallest absolute Gasteiger partial charge is 0.339 e. The second kappa shape index (κ2) is 4.21. The molecular formula is C10H9BrO5. The maximum atomic E-state index is 11.0. The number of benzene rings is 1. The van der Waals surface area contributed by atoms with Gasteiger partial charge in [0.15, 0.2) is 17.2 Å². The molecule has 1 heterocycles. The molecule has 1 N–H and O–H groups in total. The van der Waals surface area contributed by atoms with Gasteiger partial charge in [-0.2, -0.15) is 0 Å². The summed E-state index contributed by atoms with van der Waals surface area (Å²) in [5.74, 6) is 0.0516. The van der Waals surface area contributed by atoms with Gasteiger partial charge < -0.3 is 19.3 Å². The maximum Gasteiger partial charge on any atom is 0.339 e. The molecule has 6 heteroatoms. The zero-order valence-electron chi connectivity index (χ0n) is 8.45. The fourth-order valence-corrected chi connectivity index (χ4v) is 2.17. The molecule has 0 saturated heterocycles. The van der Waals surface area contributed by atoms with Crippen molar-refractivity contribution in [3.63, 3.8) is 0 Å². The molecule has 0 saturated carbocycles. The summed E-state index contributed by atoms with van der Waals surface area (Å²) in [5, 5.41) is 9.03. The molecule has 1 aromatic rings. The topological polar surface area (TPSA) is 65.0 Å². The Kier molecular flexibility index (Phi) is 2.91.